The maximum atomic E-state index is 12.5. The highest BCUT2D eigenvalue weighted by Crippen LogP contribution is 2.58. The van der Waals surface area contributed by atoms with Gasteiger partial charge in [0.05, 0.1) is 42.6 Å². The van der Waals surface area contributed by atoms with E-state index in [1.807, 2.05) is 19.1 Å². The summed E-state index contributed by atoms with van der Waals surface area (Å²) >= 11 is 0. The van der Waals surface area contributed by atoms with Gasteiger partial charge in [0.1, 0.15) is 12.1 Å². The van der Waals surface area contributed by atoms with Crippen LogP contribution >= 0.6 is 0 Å². The molecule has 5 aliphatic rings. The number of quaternary nitrogens is 1. The van der Waals surface area contributed by atoms with Crippen LogP contribution in [0.25, 0.3) is 6.08 Å². The Balaban J connectivity index is 1.36. The molecule has 0 fully saturated rings. The van der Waals surface area contributed by atoms with Crippen LogP contribution in [0.1, 0.15) is 60.5 Å². The second-order valence-electron chi connectivity index (χ2n) is 11.6. The molecule has 4 heterocycles. The van der Waals surface area contributed by atoms with Gasteiger partial charge in [0, 0.05) is 23.3 Å². The van der Waals surface area contributed by atoms with Crippen molar-refractivity contribution in [2.45, 2.75) is 57.2 Å². The third kappa shape index (κ3) is 3.27. The van der Waals surface area contributed by atoms with Crippen LogP contribution < -0.4 is 0 Å². The van der Waals surface area contributed by atoms with E-state index in [9.17, 15) is 9.59 Å². The lowest BCUT2D eigenvalue weighted by molar-refractivity contribution is -0.911. The first-order valence-corrected chi connectivity index (χ1v) is 13.2. The molecule has 6 nitrogen and oxygen atoms in total. The highest BCUT2D eigenvalue weighted by molar-refractivity contribution is 6.12. The number of rotatable bonds is 3. The number of benzene rings is 2. The summed E-state index contributed by atoms with van der Waals surface area (Å²) in [6.07, 6.45) is 11.1. The normalized spacial score (nSPS) is 31.8. The number of hydrogen-bond donors (Lipinski definition) is 0. The smallest absolute Gasteiger partial charge is 0.253 e. The van der Waals surface area contributed by atoms with Crippen molar-refractivity contribution in [3.8, 4) is 0 Å². The minimum atomic E-state index is -0.437. The minimum Gasteiger partial charge on any atom is -0.466 e. The van der Waals surface area contributed by atoms with Crippen LogP contribution in [-0.4, -0.2) is 46.2 Å². The predicted octanol–water partition coefficient (Wildman–Crippen LogP) is 5.09. The van der Waals surface area contributed by atoms with Crippen molar-refractivity contribution in [2.24, 2.45) is 0 Å². The molecule has 6 heteroatoms. The molecular weight excluding hydrogens is 476 g/mol. The van der Waals surface area contributed by atoms with Gasteiger partial charge in [-0.15, -0.1) is 0 Å². The average Bonchev–Trinajstić information content (AvgIpc) is 3.14. The van der Waals surface area contributed by atoms with E-state index in [0.29, 0.717) is 4.48 Å². The molecule has 192 valence electrons. The molecule has 0 saturated heterocycles. The molecule has 2 amide bonds. The van der Waals surface area contributed by atoms with Crippen molar-refractivity contribution in [1.29, 1.82) is 0 Å². The molecule has 5 atom stereocenters. The topological polar surface area (TPSA) is 55.8 Å². The molecule has 2 aromatic rings. The van der Waals surface area contributed by atoms with E-state index in [2.05, 4.69) is 75.6 Å². The molecule has 7 rings (SSSR count). The Bertz CT molecular complexity index is 1510. The molecule has 1 aliphatic carbocycles. The second kappa shape index (κ2) is 7.88. The van der Waals surface area contributed by atoms with Gasteiger partial charge in [-0.2, -0.15) is 0 Å². The molecule has 0 saturated carbocycles. The van der Waals surface area contributed by atoms with Crippen LogP contribution in [0.3, 0.4) is 0 Å². The lowest BCUT2D eigenvalue weighted by atomic mass is 9.65. The number of imide groups is 1. The number of allylic oxidation sites excluding steroid dienone is 1. The first-order chi connectivity index (χ1) is 18.2. The number of amides is 2. The minimum absolute atomic E-state index is 0.00126. The number of nitrogens with zero attached hydrogens (tertiary/aromatic N) is 2. The van der Waals surface area contributed by atoms with Crippen LogP contribution in [-0.2, 0) is 25.6 Å². The predicted molar refractivity (Wildman–Crippen MR) is 143 cm³/mol. The van der Waals surface area contributed by atoms with Crippen molar-refractivity contribution in [2.75, 3.05) is 7.05 Å². The number of hydrogen-bond acceptors (Lipinski definition) is 4. The second-order valence-corrected chi connectivity index (χ2v) is 11.6. The molecule has 0 spiro atoms. The number of fused-ring (bicyclic) bond motifs is 8. The molecule has 0 radical (unpaired) electrons. The van der Waals surface area contributed by atoms with E-state index >= 15 is 0 Å². The Hall–Kier alpha value is -3.74. The highest BCUT2D eigenvalue weighted by atomic mass is 16.7. The lowest BCUT2D eigenvalue weighted by Gasteiger charge is -2.58. The zero-order valence-electron chi connectivity index (χ0n) is 22.0. The van der Waals surface area contributed by atoms with Gasteiger partial charge in [0.15, 0.2) is 0 Å². The largest absolute Gasteiger partial charge is 0.466 e. The first kappa shape index (κ1) is 23.4. The summed E-state index contributed by atoms with van der Waals surface area (Å²) in [5, 5.41) is 0. The summed E-state index contributed by atoms with van der Waals surface area (Å²) in [6.45, 7) is 6.38. The lowest BCUT2D eigenvalue weighted by Crippen LogP contribution is -2.63. The zero-order valence-corrected chi connectivity index (χ0v) is 22.0. The van der Waals surface area contributed by atoms with E-state index in [0.717, 1.165) is 22.5 Å². The fourth-order valence-electron chi connectivity index (χ4n) is 7.18. The molecule has 5 unspecified atom stereocenters. The third-order valence-electron chi connectivity index (χ3n) is 8.69. The maximum absolute atomic E-state index is 12.5. The quantitative estimate of drug-likeness (QED) is 0.330. The zero-order chi connectivity index (χ0) is 26.4. The molecule has 2 aromatic carbocycles. The standard InChI is InChI=1S/C32H31N2O4/c1-19-17-32(2,3)38-31(37-19)25-16-24-22-10-5-6-11-23(22)30-28-20(14-15-34(30,4)29(24)25)8-7-9-21(28)18-33-26(35)12-13-27(33)36/h5-17,24,29-31H,18H2,1-4H3/q+1. The van der Waals surface area contributed by atoms with Crippen molar-refractivity contribution in [3.63, 3.8) is 0 Å². The third-order valence-corrected chi connectivity index (χ3v) is 8.69. The van der Waals surface area contributed by atoms with E-state index in [4.69, 9.17) is 9.47 Å². The maximum Gasteiger partial charge on any atom is 0.253 e. The summed E-state index contributed by atoms with van der Waals surface area (Å²) in [7, 11) is 2.28. The molecule has 0 bridgehead atoms. The van der Waals surface area contributed by atoms with Gasteiger partial charge in [-0.1, -0.05) is 48.5 Å². The van der Waals surface area contributed by atoms with Gasteiger partial charge in [-0.3, -0.25) is 19.0 Å². The van der Waals surface area contributed by atoms with Crippen LogP contribution in [0.5, 0.6) is 0 Å². The van der Waals surface area contributed by atoms with Crippen molar-refractivity contribution in [3.05, 3.63) is 112 Å². The Morgan fingerprint density at radius 1 is 0.974 bits per heavy atom. The summed E-state index contributed by atoms with van der Waals surface area (Å²) in [5.41, 5.74) is 6.64. The van der Waals surface area contributed by atoms with Gasteiger partial charge in [-0.05, 0) is 49.6 Å². The van der Waals surface area contributed by atoms with Gasteiger partial charge in [0.2, 0.25) is 6.29 Å². The summed E-state index contributed by atoms with van der Waals surface area (Å²) in [6, 6.07) is 15.0. The fourth-order valence-corrected chi connectivity index (χ4v) is 7.18. The van der Waals surface area contributed by atoms with Crippen LogP contribution in [0.2, 0.25) is 0 Å². The average molecular weight is 508 g/mol. The Labute approximate surface area is 222 Å². The van der Waals surface area contributed by atoms with Crippen molar-refractivity contribution in [1.82, 2.24) is 4.90 Å². The molecule has 4 aliphatic heterocycles. The number of likely N-dealkylation sites (N-methyl/N-ethyl adjacent to an activating group) is 1. The van der Waals surface area contributed by atoms with E-state index < -0.39 is 11.9 Å². The summed E-state index contributed by atoms with van der Waals surface area (Å²) < 4.78 is 13.3. The molecular formula is C32H31N2O4+. The Morgan fingerprint density at radius 2 is 1.71 bits per heavy atom. The SMILES string of the molecule is CC1=CC(C)(C)OC(C2=CC3c4ccccc4C4c5c(cccc5CN5C(=O)C=CC5=O)C=C[N+]4(C)C23)O1. The summed E-state index contributed by atoms with van der Waals surface area (Å²) in [4.78, 5) is 26.3. The van der Waals surface area contributed by atoms with Crippen LogP contribution in [0, 0.1) is 0 Å². The van der Waals surface area contributed by atoms with Crippen molar-refractivity contribution >= 4 is 17.9 Å². The van der Waals surface area contributed by atoms with Crippen LogP contribution in [0.4, 0.5) is 0 Å². The monoisotopic (exact) mass is 507 g/mol. The Morgan fingerprint density at radius 3 is 2.45 bits per heavy atom. The molecule has 38 heavy (non-hydrogen) atoms. The number of ether oxygens (including phenoxy) is 2. The van der Waals surface area contributed by atoms with Crippen molar-refractivity contribution < 1.29 is 23.5 Å². The van der Waals surface area contributed by atoms with Crippen LogP contribution in [0.15, 0.2) is 84.3 Å². The van der Waals surface area contributed by atoms with E-state index in [1.54, 1.807) is 0 Å². The molecule has 0 aromatic heterocycles. The van der Waals surface area contributed by atoms with Gasteiger partial charge in [-0.25, -0.2) is 0 Å². The molecule has 0 N–H and O–H groups in total. The summed E-state index contributed by atoms with van der Waals surface area (Å²) in [5.74, 6) is 0.596. The van der Waals surface area contributed by atoms with Gasteiger partial charge < -0.3 is 9.47 Å². The van der Waals surface area contributed by atoms with E-state index in [-0.39, 0.29) is 36.4 Å². The number of carbonyl (C=O) groups is 2. The fraction of sp³-hybridized carbons (Fsp3) is 0.312. The van der Waals surface area contributed by atoms with Gasteiger partial charge >= 0.3 is 0 Å². The van der Waals surface area contributed by atoms with E-state index in [1.165, 1.54) is 33.7 Å². The first-order valence-electron chi connectivity index (χ1n) is 13.2. The highest BCUT2D eigenvalue weighted by Gasteiger charge is 2.59. The Kier molecular flexibility index (Phi) is 4.85. The number of carbonyl (C=O) groups excluding carboxylic acids is 2. The van der Waals surface area contributed by atoms with Gasteiger partial charge in [0.25, 0.3) is 11.8 Å².